The molecule has 6 fully saturated rings. The Morgan fingerprint density at radius 2 is 0.673 bits per heavy atom. The van der Waals surface area contributed by atoms with E-state index in [1.54, 1.807) is 154 Å². The van der Waals surface area contributed by atoms with Gasteiger partial charge in [0.05, 0.1) is 0 Å². The molecule has 2 aromatic carbocycles. The smallest absolute Gasteiger partial charge is 0 e. The van der Waals surface area contributed by atoms with Crippen molar-refractivity contribution in [2.45, 2.75) is 233 Å². The Morgan fingerprint density at radius 3 is 1.00 bits per heavy atom. The Kier molecular flexibility index (Phi) is 18.1. The van der Waals surface area contributed by atoms with Gasteiger partial charge < -0.3 is 0 Å². The fraction of sp³-hybridized carbons (Fsp3) is 0.755. The zero-order chi connectivity index (χ0) is 34.5. The maximum atomic E-state index is 2.23. The largest absolute Gasteiger partial charge is 0.0971 e. The Bertz CT molecular complexity index is 1160. The second kappa shape index (κ2) is 22.6. The molecule has 0 atom stereocenters. The summed E-state index contributed by atoms with van der Waals surface area (Å²) in [5.41, 5.74) is 9.95. The van der Waals surface area contributed by atoms with Crippen LogP contribution in [0.15, 0.2) is 42.5 Å². The van der Waals surface area contributed by atoms with Crippen LogP contribution in [-0.4, -0.2) is 34.0 Å². The number of benzene rings is 2. The molecule has 290 valence electrons. The summed E-state index contributed by atoms with van der Waals surface area (Å²) in [4.78, 5) is 0. The standard InChI is InChI=1S/2C18H33P.C13H10.Ru/c2*1-4-10-16(11-5-1)19(17-12-6-2-7-13-17)18-14-8-3-9-15-18;1-4-10-6-2-8-12-9-3-7-11(5-1)13(10)12;/h2*16-18H,1-15H2;1-8H,9H2;. The minimum atomic E-state index is 0. The normalized spacial score (nSPS) is 24.5. The summed E-state index contributed by atoms with van der Waals surface area (Å²) >= 11 is 0. The van der Waals surface area contributed by atoms with Gasteiger partial charge in [0.15, 0.2) is 0 Å². The summed E-state index contributed by atoms with van der Waals surface area (Å²) in [6, 6.07) is 13.0. The zero-order valence-electron chi connectivity index (χ0n) is 33.3. The predicted octanol–water partition coefficient (Wildman–Crippen LogP) is 16.3. The van der Waals surface area contributed by atoms with Crippen LogP contribution in [0.5, 0.6) is 0 Å². The summed E-state index contributed by atoms with van der Waals surface area (Å²) in [6.07, 6.45) is 52.8. The van der Waals surface area contributed by atoms with E-state index >= 15 is 0 Å². The average molecular weight is 828 g/mol. The van der Waals surface area contributed by atoms with Crippen molar-refractivity contribution in [3.05, 3.63) is 53.6 Å². The summed E-state index contributed by atoms with van der Waals surface area (Å²) in [7, 11) is 0.770. The molecule has 0 aliphatic heterocycles. The summed E-state index contributed by atoms with van der Waals surface area (Å²) in [5.74, 6) is 0. The van der Waals surface area contributed by atoms with Crippen molar-refractivity contribution in [3.63, 3.8) is 0 Å². The predicted molar refractivity (Wildman–Crippen MR) is 232 cm³/mol. The molecule has 52 heavy (non-hydrogen) atoms. The maximum absolute atomic E-state index is 2.23. The first-order chi connectivity index (χ1) is 25.3. The maximum Gasteiger partial charge on any atom is 0 e. The number of hydrogen-bond donors (Lipinski definition) is 0. The Labute approximate surface area is 337 Å². The number of rotatable bonds is 6. The van der Waals surface area contributed by atoms with Crippen molar-refractivity contribution in [1.29, 1.82) is 0 Å². The monoisotopic (exact) mass is 828 g/mol. The second-order valence-corrected chi connectivity index (χ2v) is 24.3. The Hall–Kier alpha value is -0.0766. The molecule has 2 aromatic rings. The van der Waals surface area contributed by atoms with Crippen LogP contribution in [0, 0.1) is 0 Å². The first-order valence-electron chi connectivity index (χ1n) is 23.1. The van der Waals surface area contributed by atoms with E-state index in [1.165, 1.54) is 94.4 Å². The molecule has 0 spiro atoms. The van der Waals surface area contributed by atoms with Gasteiger partial charge in [0, 0.05) is 19.5 Å². The topological polar surface area (TPSA) is 0 Å². The minimum absolute atomic E-state index is 0. The number of hydrogen-bond acceptors (Lipinski definition) is 0. The molecule has 0 nitrogen and oxygen atoms in total. The van der Waals surface area contributed by atoms with Crippen molar-refractivity contribution < 1.29 is 19.5 Å². The van der Waals surface area contributed by atoms with Gasteiger partial charge in [0.25, 0.3) is 0 Å². The molecule has 6 saturated carbocycles. The number of allylic oxidation sites excluding steroid dienone is 1. The first kappa shape index (κ1) is 41.6. The fourth-order valence-corrected chi connectivity index (χ4v) is 21.5. The molecule has 9 rings (SSSR count). The van der Waals surface area contributed by atoms with Crippen LogP contribution in [0.4, 0.5) is 0 Å². The first-order valence-corrected chi connectivity index (χ1v) is 26.2. The SMILES string of the molecule is C1=Cc2cccc3cccc(c23)C1.C1CCC(P(C2CCCCC2)C2CCCCC2)CC1.C1CCC(P(C2CCCCC2)C2CCCCC2)CC1.[Ru]. The van der Waals surface area contributed by atoms with Gasteiger partial charge in [-0.05, 0) is 139 Å². The molecule has 3 heteroatoms. The summed E-state index contributed by atoms with van der Waals surface area (Å²) in [5, 5.41) is 2.80. The third-order valence-corrected chi connectivity index (χ3v) is 22.8. The van der Waals surface area contributed by atoms with Gasteiger partial charge in [-0.3, -0.25) is 0 Å². The van der Waals surface area contributed by atoms with Gasteiger partial charge in [0.2, 0.25) is 0 Å². The van der Waals surface area contributed by atoms with Crippen molar-refractivity contribution in [2.24, 2.45) is 0 Å². The molecule has 7 aliphatic rings. The van der Waals surface area contributed by atoms with Gasteiger partial charge in [-0.15, -0.1) is 0 Å². The van der Waals surface area contributed by atoms with E-state index in [0.29, 0.717) is 15.8 Å². The molecule has 0 bridgehead atoms. The average Bonchev–Trinajstić information content (AvgIpc) is 3.22. The molecule has 0 unspecified atom stereocenters. The molecule has 0 N–H and O–H groups in total. The van der Waals surface area contributed by atoms with Gasteiger partial charge >= 0.3 is 0 Å². The van der Waals surface area contributed by atoms with E-state index in [4.69, 9.17) is 0 Å². The summed E-state index contributed by atoms with van der Waals surface area (Å²) < 4.78 is 0. The third-order valence-electron chi connectivity index (χ3n) is 14.6. The van der Waals surface area contributed by atoms with E-state index in [9.17, 15) is 0 Å². The van der Waals surface area contributed by atoms with Crippen LogP contribution in [-0.2, 0) is 25.9 Å². The van der Waals surface area contributed by atoms with Crippen LogP contribution >= 0.6 is 15.8 Å². The summed E-state index contributed by atoms with van der Waals surface area (Å²) in [6.45, 7) is 0. The van der Waals surface area contributed by atoms with Crippen LogP contribution in [0.1, 0.15) is 204 Å². The molecular weight excluding hydrogens is 752 g/mol. The third kappa shape index (κ3) is 11.5. The molecule has 0 aromatic heterocycles. The Balaban J connectivity index is 0.000000135. The van der Waals surface area contributed by atoms with Gasteiger partial charge in [-0.25, -0.2) is 0 Å². The van der Waals surface area contributed by atoms with E-state index in [1.807, 2.05) is 0 Å². The van der Waals surface area contributed by atoms with Gasteiger partial charge in [0.1, 0.15) is 0 Å². The van der Waals surface area contributed by atoms with Gasteiger partial charge in [-0.1, -0.05) is 180 Å². The van der Waals surface area contributed by atoms with Crippen LogP contribution in [0.3, 0.4) is 0 Å². The van der Waals surface area contributed by atoms with E-state index in [0.717, 1.165) is 6.42 Å². The van der Waals surface area contributed by atoms with E-state index in [2.05, 4.69) is 48.6 Å². The fourth-order valence-electron chi connectivity index (χ4n) is 12.1. The zero-order valence-corrected chi connectivity index (χ0v) is 36.8. The van der Waals surface area contributed by atoms with Crippen LogP contribution < -0.4 is 0 Å². The van der Waals surface area contributed by atoms with Gasteiger partial charge in [-0.2, -0.15) is 0 Å². The molecule has 0 heterocycles. The van der Waals surface area contributed by atoms with Crippen molar-refractivity contribution in [1.82, 2.24) is 0 Å². The van der Waals surface area contributed by atoms with Crippen LogP contribution in [0.25, 0.3) is 16.8 Å². The minimum Gasteiger partial charge on any atom is -0.0971 e. The van der Waals surface area contributed by atoms with Crippen molar-refractivity contribution >= 4 is 32.7 Å². The Morgan fingerprint density at radius 1 is 0.365 bits per heavy atom. The van der Waals surface area contributed by atoms with Crippen molar-refractivity contribution in [2.75, 3.05) is 0 Å². The molecular formula is C49H76P2Ru. The van der Waals surface area contributed by atoms with Crippen molar-refractivity contribution in [3.8, 4) is 0 Å². The van der Waals surface area contributed by atoms with E-state index in [-0.39, 0.29) is 19.5 Å². The molecule has 7 aliphatic carbocycles. The second-order valence-electron chi connectivity index (χ2n) is 18.1. The molecule has 0 radical (unpaired) electrons. The molecule has 0 amide bonds. The van der Waals surface area contributed by atoms with Crippen LogP contribution in [0.2, 0.25) is 0 Å². The van der Waals surface area contributed by atoms with E-state index < -0.39 is 0 Å². The molecule has 0 saturated heterocycles. The quantitative estimate of drug-likeness (QED) is 0.201.